The molecule has 5 heteroatoms. The van der Waals surface area contributed by atoms with Crippen molar-refractivity contribution in [2.24, 2.45) is 5.73 Å². The van der Waals surface area contributed by atoms with Crippen molar-refractivity contribution >= 4 is 6.09 Å². The Bertz CT molecular complexity index is 165. The number of nitrogens with two attached hydrogens (primary N) is 1. The van der Waals surface area contributed by atoms with Gasteiger partial charge in [-0.2, -0.15) is 0 Å². The lowest BCUT2D eigenvalue weighted by Crippen LogP contribution is -2.42. The summed E-state index contributed by atoms with van der Waals surface area (Å²) in [6.07, 6.45) is -1.33. The first kappa shape index (κ1) is 12.2. The lowest BCUT2D eigenvalue weighted by atomic mass is 10.1. The molecule has 0 aliphatic carbocycles. The van der Waals surface area contributed by atoms with Crippen molar-refractivity contribution in [1.82, 2.24) is 5.32 Å². The molecule has 4 N–H and O–H groups in total. The van der Waals surface area contributed by atoms with Gasteiger partial charge in [-0.15, -0.1) is 0 Å². The maximum atomic E-state index is 11.0. The average Bonchev–Trinajstić information content (AvgIpc) is 1.97. The number of hydrogen-bond acceptors (Lipinski definition) is 4. The van der Waals surface area contributed by atoms with Crippen LogP contribution in [0.25, 0.3) is 0 Å². The maximum Gasteiger partial charge on any atom is 0.407 e. The summed E-state index contributed by atoms with van der Waals surface area (Å²) >= 11 is 0. The fourth-order valence-electron chi connectivity index (χ4n) is 0.582. The molecule has 0 aromatic carbocycles. The van der Waals surface area contributed by atoms with Crippen molar-refractivity contribution < 1.29 is 14.6 Å². The number of alkyl carbamates (subject to hydrolysis) is 1. The van der Waals surface area contributed by atoms with E-state index in [4.69, 9.17) is 15.6 Å². The summed E-state index contributed by atoms with van der Waals surface area (Å²) in [5, 5.41) is 11.6. The molecule has 0 saturated heterocycles. The highest BCUT2D eigenvalue weighted by Crippen LogP contribution is 1.98. The monoisotopic (exact) mass is 190 g/mol. The van der Waals surface area contributed by atoms with Crippen molar-refractivity contribution in [3.05, 3.63) is 0 Å². The van der Waals surface area contributed by atoms with E-state index in [2.05, 4.69) is 5.32 Å². The SMILES string of the molecule is CC(C)(C)NC(=O)OC[C@@H](O)CN. The Morgan fingerprint density at radius 1 is 1.62 bits per heavy atom. The molecule has 0 heterocycles. The lowest BCUT2D eigenvalue weighted by molar-refractivity contribution is 0.0693. The Morgan fingerprint density at radius 3 is 2.54 bits per heavy atom. The first-order valence-corrected chi connectivity index (χ1v) is 4.18. The predicted octanol–water partition coefficient (Wildman–Crippen LogP) is -0.169. The van der Waals surface area contributed by atoms with E-state index >= 15 is 0 Å². The Morgan fingerprint density at radius 2 is 2.15 bits per heavy atom. The van der Waals surface area contributed by atoms with E-state index in [-0.39, 0.29) is 18.7 Å². The van der Waals surface area contributed by atoms with Crippen LogP contribution in [0.15, 0.2) is 0 Å². The summed E-state index contributed by atoms with van der Waals surface area (Å²) in [5.41, 5.74) is 4.80. The molecular weight excluding hydrogens is 172 g/mol. The van der Waals surface area contributed by atoms with Gasteiger partial charge >= 0.3 is 6.09 Å². The summed E-state index contributed by atoms with van der Waals surface area (Å²) in [4.78, 5) is 11.0. The molecule has 0 saturated carbocycles. The van der Waals surface area contributed by atoms with Crippen LogP contribution >= 0.6 is 0 Å². The van der Waals surface area contributed by atoms with Gasteiger partial charge in [0.2, 0.25) is 0 Å². The Labute approximate surface area is 78.3 Å². The number of aliphatic hydroxyl groups excluding tert-OH is 1. The molecule has 0 unspecified atom stereocenters. The lowest BCUT2D eigenvalue weighted by Gasteiger charge is -2.20. The van der Waals surface area contributed by atoms with Crippen LogP contribution in [0.5, 0.6) is 0 Å². The van der Waals surface area contributed by atoms with Crippen LogP contribution < -0.4 is 11.1 Å². The van der Waals surface area contributed by atoms with E-state index in [1.54, 1.807) is 0 Å². The van der Waals surface area contributed by atoms with Gasteiger partial charge in [0.1, 0.15) is 12.7 Å². The number of carbonyl (C=O) groups excluding carboxylic acids is 1. The van der Waals surface area contributed by atoms with E-state index in [1.807, 2.05) is 20.8 Å². The first-order chi connectivity index (χ1) is 5.85. The third kappa shape index (κ3) is 7.55. The highest BCUT2D eigenvalue weighted by atomic mass is 16.6. The number of ether oxygens (including phenoxy) is 1. The summed E-state index contributed by atoms with van der Waals surface area (Å²) in [6.45, 7) is 5.54. The summed E-state index contributed by atoms with van der Waals surface area (Å²) in [6, 6.07) is 0. The summed E-state index contributed by atoms with van der Waals surface area (Å²) < 4.78 is 4.69. The minimum absolute atomic E-state index is 0.0710. The Hall–Kier alpha value is -0.810. The molecule has 0 aromatic heterocycles. The van der Waals surface area contributed by atoms with Crippen molar-refractivity contribution in [3.63, 3.8) is 0 Å². The molecule has 0 aromatic rings. The van der Waals surface area contributed by atoms with Gasteiger partial charge in [-0.3, -0.25) is 0 Å². The van der Waals surface area contributed by atoms with Gasteiger partial charge in [0.15, 0.2) is 0 Å². The van der Waals surface area contributed by atoms with Crippen molar-refractivity contribution in [2.45, 2.75) is 32.4 Å². The second kappa shape index (κ2) is 5.04. The molecule has 0 radical (unpaired) electrons. The van der Waals surface area contributed by atoms with Gasteiger partial charge in [0.05, 0.1) is 0 Å². The van der Waals surface area contributed by atoms with Crippen LogP contribution in [0.4, 0.5) is 4.79 Å². The molecule has 0 aliphatic heterocycles. The minimum atomic E-state index is -0.786. The predicted molar refractivity (Wildman–Crippen MR) is 49.3 cm³/mol. The summed E-state index contributed by atoms with van der Waals surface area (Å²) in [7, 11) is 0. The second-order valence-corrected chi connectivity index (χ2v) is 3.86. The fraction of sp³-hybridized carbons (Fsp3) is 0.875. The molecular formula is C8H18N2O3. The van der Waals surface area contributed by atoms with Gasteiger partial charge in [0, 0.05) is 12.1 Å². The van der Waals surface area contributed by atoms with Gasteiger partial charge < -0.3 is 20.9 Å². The molecule has 0 fully saturated rings. The van der Waals surface area contributed by atoms with Crippen LogP contribution in [0.2, 0.25) is 0 Å². The van der Waals surface area contributed by atoms with E-state index < -0.39 is 12.2 Å². The van der Waals surface area contributed by atoms with E-state index in [1.165, 1.54) is 0 Å². The van der Waals surface area contributed by atoms with Crippen molar-refractivity contribution in [3.8, 4) is 0 Å². The van der Waals surface area contributed by atoms with E-state index in [0.29, 0.717) is 0 Å². The average molecular weight is 190 g/mol. The highest BCUT2D eigenvalue weighted by Gasteiger charge is 2.15. The zero-order chi connectivity index (χ0) is 10.5. The zero-order valence-electron chi connectivity index (χ0n) is 8.33. The minimum Gasteiger partial charge on any atom is -0.447 e. The van der Waals surface area contributed by atoms with Gasteiger partial charge in [-0.1, -0.05) is 0 Å². The van der Waals surface area contributed by atoms with Gasteiger partial charge in [0.25, 0.3) is 0 Å². The van der Waals surface area contributed by atoms with Crippen molar-refractivity contribution in [1.29, 1.82) is 0 Å². The van der Waals surface area contributed by atoms with E-state index in [0.717, 1.165) is 0 Å². The molecule has 0 aliphatic rings. The molecule has 1 amide bonds. The van der Waals surface area contributed by atoms with E-state index in [9.17, 15) is 4.79 Å². The number of aliphatic hydroxyl groups is 1. The van der Waals surface area contributed by atoms with Crippen LogP contribution in [-0.2, 0) is 4.74 Å². The molecule has 0 rings (SSSR count). The van der Waals surface area contributed by atoms with Crippen LogP contribution in [0.3, 0.4) is 0 Å². The summed E-state index contributed by atoms with van der Waals surface area (Å²) in [5.74, 6) is 0. The molecule has 0 bridgehead atoms. The number of carbonyl (C=O) groups is 1. The number of hydrogen-bond donors (Lipinski definition) is 3. The van der Waals surface area contributed by atoms with Crippen LogP contribution in [0, 0.1) is 0 Å². The zero-order valence-corrected chi connectivity index (χ0v) is 8.33. The quantitative estimate of drug-likeness (QED) is 0.577. The Balaban J connectivity index is 3.64. The molecule has 0 spiro atoms. The van der Waals surface area contributed by atoms with Gasteiger partial charge in [-0.25, -0.2) is 4.79 Å². The maximum absolute atomic E-state index is 11.0. The van der Waals surface area contributed by atoms with Crippen LogP contribution in [0.1, 0.15) is 20.8 Å². The molecule has 13 heavy (non-hydrogen) atoms. The molecule has 78 valence electrons. The molecule has 5 nitrogen and oxygen atoms in total. The fourth-order valence-corrected chi connectivity index (χ4v) is 0.582. The third-order valence-corrected chi connectivity index (χ3v) is 1.16. The highest BCUT2D eigenvalue weighted by molar-refractivity contribution is 5.68. The largest absolute Gasteiger partial charge is 0.447 e. The topological polar surface area (TPSA) is 84.6 Å². The first-order valence-electron chi connectivity index (χ1n) is 4.18. The second-order valence-electron chi connectivity index (χ2n) is 3.86. The van der Waals surface area contributed by atoms with Gasteiger partial charge in [-0.05, 0) is 20.8 Å². The van der Waals surface area contributed by atoms with Crippen LogP contribution in [-0.4, -0.2) is 36.0 Å². The Kier molecular flexibility index (Phi) is 4.72. The number of amides is 1. The normalized spacial score (nSPS) is 13.6. The standard InChI is InChI=1S/C8H18N2O3/c1-8(2,3)10-7(12)13-5-6(11)4-9/h6,11H,4-5,9H2,1-3H3,(H,10,12)/t6-/m0/s1. The smallest absolute Gasteiger partial charge is 0.407 e. The number of nitrogens with one attached hydrogen (secondary N) is 1. The third-order valence-electron chi connectivity index (χ3n) is 1.16. The van der Waals surface area contributed by atoms with Crippen molar-refractivity contribution in [2.75, 3.05) is 13.2 Å². The number of rotatable bonds is 3. The molecule has 1 atom stereocenters.